The number of aliphatic hydroxyl groups is 1. The van der Waals surface area contributed by atoms with E-state index >= 15 is 0 Å². The number of rotatable bonds is 5. The lowest BCUT2D eigenvalue weighted by Gasteiger charge is -2.42. The van der Waals surface area contributed by atoms with Crippen LogP contribution in [0.25, 0.3) is 0 Å². The van der Waals surface area contributed by atoms with E-state index in [4.69, 9.17) is 0 Å². The van der Waals surface area contributed by atoms with Crippen LogP contribution in [0.2, 0.25) is 0 Å². The summed E-state index contributed by atoms with van der Waals surface area (Å²) in [5.41, 5.74) is 0.387. The molecule has 0 spiro atoms. The molecule has 1 aromatic carbocycles. The Bertz CT molecular complexity index is 516. The van der Waals surface area contributed by atoms with E-state index in [1.54, 1.807) is 18.2 Å². The Morgan fingerprint density at radius 2 is 1.88 bits per heavy atom. The highest BCUT2D eigenvalue weighted by Crippen LogP contribution is 2.30. The molecule has 134 valence electrons. The Balaban J connectivity index is 1.43. The van der Waals surface area contributed by atoms with Crippen LogP contribution in [-0.2, 0) is 0 Å². The van der Waals surface area contributed by atoms with Crippen molar-refractivity contribution in [1.82, 2.24) is 10.2 Å². The number of benzene rings is 1. The Morgan fingerprint density at radius 1 is 1.17 bits per heavy atom. The van der Waals surface area contributed by atoms with Gasteiger partial charge in [-0.1, -0.05) is 38.0 Å². The summed E-state index contributed by atoms with van der Waals surface area (Å²) >= 11 is 0. The van der Waals surface area contributed by atoms with Crippen LogP contribution >= 0.6 is 0 Å². The highest BCUT2D eigenvalue weighted by atomic mass is 19.1. The van der Waals surface area contributed by atoms with Gasteiger partial charge in [0.25, 0.3) is 0 Å². The molecule has 0 bridgehead atoms. The lowest BCUT2D eigenvalue weighted by molar-refractivity contribution is 0.0777. The maximum Gasteiger partial charge on any atom is 0.129 e. The van der Waals surface area contributed by atoms with E-state index in [1.807, 2.05) is 0 Å². The van der Waals surface area contributed by atoms with Gasteiger partial charge in [0.15, 0.2) is 0 Å². The molecule has 1 heterocycles. The summed E-state index contributed by atoms with van der Waals surface area (Å²) in [6.45, 7) is 5.11. The smallest absolute Gasteiger partial charge is 0.129 e. The fraction of sp³-hybridized carbons (Fsp3) is 0.700. The first kappa shape index (κ1) is 17.8. The molecule has 2 aliphatic rings. The Labute approximate surface area is 145 Å². The number of nitrogens with one attached hydrogen (secondary N) is 1. The van der Waals surface area contributed by atoms with E-state index in [0.29, 0.717) is 18.2 Å². The molecule has 3 nitrogen and oxygen atoms in total. The Hall–Kier alpha value is -0.970. The van der Waals surface area contributed by atoms with Crippen LogP contribution in [0.4, 0.5) is 4.39 Å². The van der Waals surface area contributed by atoms with Crippen molar-refractivity contribution < 1.29 is 9.50 Å². The number of hydrogen-bond donors (Lipinski definition) is 2. The largest absolute Gasteiger partial charge is 0.387 e. The van der Waals surface area contributed by atoms with E-state index in [9.17, 15) is 9.50 Å². The molecule has 1 saturated heterocycles. The molecule has 2 fully saturated rings. The molecular formula is C20H31FN2O. The lowest BCUT2D eigenvalue weighted by atomic mass is 9.84. The van der Waals surface area contributed by atoms with Crippen molar-refractivity contribution in [2.24, 2.45) is 5.92 Å². The first-order valence-electron chi connectivity index (χ1n) is 9.55. The number of nitrogens with zero attached hydrogens (tertiary/aromatic N) is 1. The molecule has 4 heteroatoms. The minimum absolute atomic E-state index is 0.326. The number of hydrogen-bond acceptors (Lipinski definition) is 3. The summed E-state index contributed by atoms with van der Waals surface area (Å²) in [5, 5.41) is 13.6. The molecule has 1 aromatic rings. The molecule has 3 rings (SSSR count). The molecule has 3 atom stereocenters. The molecular weight excluding hydrogens is 303 g/mol. The van der Waals surface area contributed by atoms with E-state index < -0.39 is 6.10 Å². The second-order valence-electron chi connectivity index (χ2n) is 7.58. The van der Waals surface area contributed by atoms with Crippen LogP contribution < -0.4 is 5.32 Å². The van der Waals surface area contributed by atoms with Gasteiger partial charge in [-0.25, -0.2) is 4.39 Å². The molecule has 1 aliphatic carbocycles. The summed E-state index contributed by atoms with van der Waals surface area (Å²) in [5.74, 6) is 0.499. The van der Waals surface area contributed by atoms with Gasteiger partial charge in [0.2, 0.25) is 0 Å². The van der Waals surface area contributed by atoms with Crippen molar-refractivity contribution in [1.29, 1.82) is 0 Å². The second-order valence-corrected chi connectivity index (χ2v) is 7.58. The van der Waals surface area contributed by atoms with Gasteiger partial charge in [-0.05, 0) is 50.8 Å². The zero-order chi connectivity index (χ0) is 16.9. The zero-order valence-electron chi connectivity index (χ0n) is 14.8. The van der Waals surface area contributed by atoms with Crippen molar-refractivity contribution in [2.45, 2.75) is 63.6 Å². The zero-order valence-corrected chi connectivity index (χ0v) is 14.8. The molecule has 3 unspecified atom stereocenters. The van der Waals surface area contributed by atoms with Crippen LogP contribution in [0.1, 0.15) is 57.1 Å². The van der Waals surface area contributed by atoms with E-state index in [0.717, 1.165) is 37.9 Å². The molecule has 2 N–H and O–H groups in total. The monoisotopic (exact) mass is 334 g/mol. The maximum absolute atomic E-state index is 13.7. The van der Waals surface area contributed by atoms with Gasteiger partial charge in [-0.3, -0.25) is 0 Å². The van der Waals surface area contributed by atoms with Gasteiger partial charge in [-0.15, -0.1) is 0 Å². The molecule has 0 amide bonds. The summed E-state index contributed by atoms with van der Waals surface area (Å²) in [7, 11) is 0. The maximum atomic E-state index is 13.7. The highest BCUT2D eigenvalue weighted by Gasteiger charge is 2.30. The summed E-state index contributed by atoms with van der Waals surface area (Å²) in [6, 6.07) is 7.69. The van der Waals surface area contributed by atoms with Crippen molar-refractivity contribution in [3.63, 3.8) is 0 Å². The van der Waals surface area contributed by atoms with Crippen LogP contribution in [0.3, 0.4) is 0 Å². The van der Waals surface area contributed by atoms with E-state index in [1.165, 1.54) is 31.7 Å². The fourth-order valence-corrected chi connectivity index (χ4v) is 4.41. The third-order valence-corrected chi connectivity index (χ3v) is 5.93. The van der Waals surface area contributed by atoms with Crippen LogP contribution in [0.5, 0.6) is 0 Å². The molecule has 1 saturated carbocycles. The number of likely N-dealkylation sites (tertiary alicyclic amines) is 1. The Kier molecular flexibility index (Phi) is 6.25. The molecule has 0 radical (unpaired) electrons. The third kappa shape index (κ3) is 4.35. The first-order chi connectivity index (χ1) is 11.6. The lowest BCUT2D eigenvalue weighted by Crippen LogP contribution is -2.49. The SMILES string of the molecule is CC1CCCCC1N1CCC(NCC(O)c2ccccc2F)CC1. The second kappa shape index (κ2) is 8.41. The minimum Gasteiger partial charge on any atom is -0.387 e. The summed E-state index contributed by atoms with van der Waals surface area (Å²) in [6.07, 6.45) is 6.96. The quantitative estimate of drug-likeness (QED) is 0.865. The highest BCUT2D eigenvalue weighted by molar-refractivity contribution is 5.20. The van der Waals surface area contributed by atoms with Crippen molar-refractivity contribution >= 4 is 0 Å². The predicted molar refractivity (Wildman–Crippen MR) is 95.4 cm³/mol. The summed E-state index contributed by atoms with van der Waals surface area (Å²) in [4.78, 5) is 2.68. The topological polar surface area (TPSA) is 35.5 Å². The van der Waals surface area contributed by atoms with Crippen LogP contribution in [0, 0.1) is 11.7 Å². The van der Waals surface area contributed by atoms with E-state index in [2.05, 4.69) is 17.1 Å². The third-order valence-electron chi connectivity index (χ3n) is 5.93. The molecule has 1 aliphatic heterocycles. The molecule has 24 heavy (non-hydrogen) atoms. The van der Waals surface area contributed by atoms with Gasteiger partial charge in [0.05, 0.1) is 6.10 Å². The minimum atomic E-state index is -0.775. The van der Waals surface area contributed by atoms with Gasteiger partial charge >= 0.3 is 0 Å². The predicted octanol–water partition coefficient (Wildman–Crippen LogP) is 3.49. The average molecular weight is 334 g/mol. The van der Waals surface area contributed by atoms with Gasteiger partial charge in [0, 0.05) is 24.2 Å². The van der Waals surface area contributed by atoms with Crippen LogP contribution in [-0.4, -0.2) is 41.7 Å². The first-order valence-corrected chi connectivity index (χ1v) is 9.55. The van der Waals surface area contributed by atoms with Crippen molar-refractivity contribution in [2.75, 3.05) is 19.6 Å². The summed E-state index contributed by atoms with van der Waals surface area (Å²) < 4.78 is 13.7. The van der Waals surface area contributed by atoms with Crippen LogP contribution in [0.15, 0.2) is 24.3 Å². The number of piperidine rings is 1. The standard InChI is InChI=1S/C20H31FN2O/c1-15-6-2-5-9-19(15)23-12-10-16(11-13-23)22-14-20(24)17-7-3-4-8-18(17)21/h3-4,7-8,15-16,19-20,22,24H,2,5-6,9-14H2,1H3. The average Bonchev–Trinajstić information content (AvgIpc) is 2.61. The van der Waals surface area contributed by atoms with Crippen molar-refractivity contribution in [3.05, 3.63) is 35.6 Å². The molecule has 0 aromatic heterocycles. The number of aliphatic hydroxyl groups excluding tert-OH is 1. The van der Waals surface area contributed by atoms with Gasteiger partial charge in [0.1, 0.15) is 5.82 Å². The normalized spacial score (nSPS) is 28.0. The number of halogens is 1. The fourth-order valence-electron chi connectivity index (χ4n) is 4.41. The Morgan fingerprint density at radius 3 is 2.58 bits per heavy atom. The van der Waals surface area contributed by atoms with Crippen molar-refractivity contribution in [3.8, 4) is 0 Å². The van der Waals surface area contributed by atoms with Gasteiger partial charge < -0.3 is 15.3 Å². The van der Waals surface area contributed by atoms with E-state index in [-0.39, 0.29) is 5.82 Å². The van der Waals surface area contributed by atoms with Gasteiger partial charge in [-0.2, -0.15) is 0 Å².